The molecule has 1 aliphatic heterocycles. The highest BCUT2D eigenvalue weighted by Gasteiger charge is 2.28. The van der Waals surface area contributed by atoms with Gasteiger partial charge >= 0.3 is 5.97 Å². The van der Waals surface area contributed by atoms with Crippen molar-refractivity contribution in [1.29, 1.82) is 0 Å². The van der Waals surface area contributed by atoms with Crippen molar-refractivity contribution in [2.45, 2.75) is 19.6 Å². The number of hydrazine groups is 1. The van der Waals surface area contributed by atoms with Crippen LogP contribution in [-0.2, 0) is 11.3 Å². The molecule has 1 aromatic rings. The number of benzene rings is 1. The summed E-state index contributed by atoms with van der Waals surface area (Å²) in [6.45, 7) is 3.09. The lowest BCUT2D eigenvalue weighted by molar-refractivity contribution is -0.134. The standard InChI is InChI=1S/C15H18N2O4/c1-2-16(8-11-6-4-3-5-7-11)17-9-12(15(20)21)14(19)13(18)10-17/h3-7,9-10,14,18-19H,2,8H2,1H3,(H,20,21). The molecule has 1 heterocycles. The smallest absolute Gasteiger partial charge is 0.336 e. The lowest BCUT2D eigenvalue weighted by Gasteiger charge is -2.34. The number of carboxylic acids is 1. The van der Waals surface area contributed by atoms with E-state index >= 15 is 0 Å². The molecule has 0 spiro atoms. The van der Waals surface area contributed by atoms with Crippen LogP contribution in [0, 0.1) is 0 Å². The number of aliphatic hydroxyl groups excluding tert-OH is 2. The van der Waals surface area contributed by atoms with Crippen LogP contribution in [0.4, 0.5) is 0 Å². The third-order valence-electron chi connectivity index (χ3n) is 3.26. The lowest BCUT2D eigenvalue weighted by atomic mass is 10.1. The van der Waals surface area contributed by atoms with E-state index < -0.39 is 12.1 Å². The Morgan fingerprint density at radius 1 is 1.29 bits per heavy atom. The maximum atomic E-state index is 11.1. The van der Waals surface area contributed by atoms with Crippen molar-refractivity contribution in [2.75, 3.05) is 6.54 Å². The topological polar surface area (TPSA) is 84.2 Å². The normalized spacial score (nSPS) is 18.4. The summed E-state index contributed by atoms with van der Waals surface area (Å²) in [5, 5.41) is 31.8. The van der Waals surface area contributed by atoms with Gasteiger partial charge in [-0.1, -0.05) is 37.3 Å². The molecule has 0 fully saturated rings. The van der Waals surface area contributed by atoms with Gasteiger partial charge < -0.3 is 15.3 Å². The minimum atomic E-state index is -1.49. The van der Waals surface area contributed by atoms with E-state index in [4.69, 9.17) is 5.11 Å². The quantitative estimate of drug-likeness (QED) is 0.761. The highest BCUT2D eigenvalue weighted by molar-refractivity contribution is 5.88. The predicted molar refractivity (Wildman–Crippen MR) is 76.8 cm³/mol. The molecular formula is C15H18N2O4. The van der Waals surface area contributed by atoms with Gasteiger partial charge in [-0.05, 0) is 5.56 Å². The second-order valence-corrected chi connectivity index (χ2v) is 4.69. The fraction of sp³-hybridized carbons (Fsp3) is 0.267. The van der Waals surface area contributed by atoms with Crippen LogP contribution in [-0.4, -0.2) is 44.0 Å². The van der Waals surface area contributed by atoms with Crippen LogP contribution >= 0.6 is 0 Å². The number of hydrogen-bond acceptors (Lipinski definition) is 5. The molecule has 1 atom stereocenters. The van der Waals surface area contributed by atoms with E-state index in [-0.39, 0.29) is 11.3 Å². The lowest BCUT2D eigenvalue weighted by Crippen LogP contribution is -2.39. The average Bonchev–Trinajstić information content (AvgIpc) is 2.48. The average molecular weight is 290 g/mol. The van der Waals surface area contributed by atoms with Crippen LogP contribution in [0.3, 0.4) is 0 Å². The zero-order valence-corrected chi connectivity index (χ0v) is 11.7. The maximum absolute atomic E-state index is 11.1. The first-order valence-corrected chi connectivity index (χ1v) is 6.63. The molecule has 1 unspecified atom stereocenters. The van der Waals surface area contributed by atoms with Crippen LogP contribution in [0.15, 0.2) is 54.1 Å². The summed E-state index contributed by atoms with van der Waals surface area (Å²) in [4.78, 5) is 11.1. The van der Waals surface area contributed by atoms with E-state index in [0.29, 0.717) is 13.1 Å². The van der Waals surface area contributed by atoms with Gasteiger partial charge in [0.2, 0.25) is 0 Å². The van der Waals surface area contributed by atoms with Crippen LogP contribution in [0.5, 0.6) is 0 Å². The number of nitrogens with zero attached hydrogens (tertiary/aromatic N) is 2. The highest BCUT2D eigenvalue weighted by atomic mass is 16.4. The first-order valence-electron chi connectivity index (χ1n) is 6.63. The Balaban J connectivity index is 2.23. The second kappa shape index (κ2) is 6.43. The molecule has 0 saturated heterocycles. The van der Waals surface area contributed by atoms with E-state index in [1.165, 1.54) is 17.4 Å². The number of aliphatic hydroxyl groups is 2. The van der Waals surface area contributed by atoms with Crippen molar-refractivity contribution in [3.8, 4) is 0 Å². The Hall–Kier alpha value is -2.31. The van der Waals surface area contributed by atoms with Gasteiger partial charge in [0, 0.05) is 19.3 Å². The number of aliphatic carboxylic acids is 1. The fourth-order valence-electron chi connectivity index (χ4n) is 2.10. The molecule has 3 N–H and O–H groups in total. The molecular weight excluding hydrogens is 272 g/mol. The van der Waals surface area contributed by atoms with Gasteiger partial charge in [-0.2, -0.15) is 0 Å². The first-order chi connectivity index (χ1) is 10.0. The van der Waals surface area contributed by atoms with Gasteiger partial charge in [0.25, 0.3) is 0 Å². The summed E-state index contributed by atoms with van der Waals surface area (Å²) in [5.74, 6) is -1.65. The molecule has 1 aliphatic rings. The van der Waals surface area contributed by atoms with Crippen LogP contribution in [0.25, 0.3) is 0 Å². The SMILES string of the molecule is CCN(Cc1ccccc1)N1C=C(O)C(O)C(C(=O)O)=C1. The largest absolute Gasteiger partial charge is 0.508 e. The van der Waals surface area contributed by atoms with Crippen molar-refractivity contribution in [2.24, 2.45) is 0 Å². The van der Waals surface area contributed by atoms with Crippen molar-refractivity contribution in [1.82, 2.24) is 10.0 Å². The van der Waals surface area contributed by atoms with Crippen molar-refractivity contribution < 1.29 is 20.1 Å². The van der Waals surface area contributed by atoms with Gasteiger partial charge in [0.05, 0.1) is 11.8 Å². The summed E-state index contributed by atoms with van der Waals surface area (Å²) in [6, 6.07) is 9.70. The third kappa shape index (κ3) is 3.42. The number of hydrogen-bond donors (Lipinski definition) is 3. The molecule has 2 rings (SSSR count). The molecule has 1 aromatic carbocycles. The third-order valence-corrected chi connectivity index (χ3v) is 3.26. The van der Waals surface area contributed by atoms with Gasteiger partial charge in [0.1, 0.15) is 11.9 Å². The molecule has 6 heteroatoms. The van der Waals surface area contributed by atoms with Crippen LogP contribution in [0.2, 0.25) is 0 Å². The minimum Gasteiger partial charge on any atom is -0.508 e. The van der Waals surface area contributed by atoms with E-state index in [1.807, 2.05) is 42.3 Å². The summed E-state index contributed by atoms with van der Waals surface area (Å²) in [6.07, 6.45) is 1.15. The second-order valence-electron chi connectivity index (χ2n) is 4.69. The fourth-order valence-corrected chi connectivity index (χ4v) is 2.10. The molecule has 21 heavy (non-hydrogen) atoms. The van der Waals surface area contributed by atoms with E-state index in [9.17, 15) is 15.0 Å². The summed E-state index contributed by atoms with van der Waals surface area (Å²) in [7, 11) is 0. The maximum Gasteiger partial charge on any atom is 0.336 e. The zero-order valence-electron chi connectivity index (χ0n) is 11.7. The van der Waals surface area contributed by atoms with Gasteiger partial charge in [-0.15, -0.1) is 0 Å². The molecule has 0 bridgehead atoms. The molecule has 0 radical (unpaired) electrons. The van der Waals surface area contributed by atoms with Gasteiger partial charge in [-0.25, -0.2) is 9.80 Å². The molecule has 0 aliphatic carbocycles. The van der Waals surface area contributed by atoms with Gasteiger partial charge in [0.15, 0.2) is 0 Å². The van der Waals surface area contributed by atoms with Crippen molar-refractivity contribution >= 4 is 5.97 Å². The summed E-state index contributed by atoms with van der Waals surface area (Å²) < 4.78 is 0. The molecule has 6 nitrogen and oxygen atoms in total. The number of carboxylic acid groups (broad SMARTS) is 1. The Morgan fingerprint density at radius 3 is 2.52 bits per heavy atom. The number of rotatable bonds is 5. The van der Waals surface area contributed by atoms with Crippen LogP contribution in [0.1, 0.15) is 12.5 Å². The highest BCUT2D eigenvalue weighted by Crippen LogP contribution is 2.21. The molecule has 112 valence electrons. The van der Waals surface area contributed by atoms with E-state index in [0.717, 1.165) is 5.56 Å². The molecule has 0 saturated carbocycles. The summed E-state index contributed by atoms with van der Waals surface area (Å²) in [5.41, 5.74) is 0.796. The molecule has 0 amide bonds. The Kier molecular flexibility index (Phi) is 4.62. The first kappa shape index (κ1) is 15.1. The van der Waals surface area contributed by atoms with Crippen molar-refractivity contribution in [3.63, 3.8) is 0 Å². The molecule has 0 aromatic heterocycles. The predicted octanol–water partition coefficient (Wildman–Crippen LogP) is 1.47. The van der Waals surface area contributed by atoms with E-state index in [2.05, 4.69) is 0 Å². The van der Waals surface area contributed by atoms with E-state index in [1.54, 1.807) is 0 Å². The minimum absolute atomic E-state index is 0.262. The Morgan fingerprint density at radius 2 is 1.95 bits per heavy atom. The zero-order chi connectivity index (χ0) is 15.4. The monoisotopic (exact) mass is 290 g/mol. The number of carbonyl (C=O) groups is 1. The van der Waals surface area contributed by atoms with Crippen molar-refractivity contribution in [3.05, 3.63) is 59.6 Å². The van der Waals surface area contributed by atoms with Crippen LogP contribution < -0.4 is 0 Å². The Bertz CT molecular complexity index is 568. The Labute approximate surface area is 122 Å². The van der Waals surface area contributed by atoms with Gasteiger partial charge in [-0.3, -0.25) is 5.01 Å². The summed E-state index contributed by atoms with van der Waals surface area (Å²) >= 11 is 0.